The molecule has 0 aromatic heterocycles. The Balaban J connectivity index is 1.99. The molecule has 1 nitrogen and oxygen atoms in total. The minimum Gasteiger partial charge on any atom is -0.324 e. The Kier molecular flexibility index (Phi) is 5.45. The molecular weight excluding hydrogens is 286 g/mol. The van der Waals surface area contributed by atoms with Gasteiger partial charge in [0.15, 0.2) is 0 Å². The number of allylic oxidation sites excluding steroid dienone is 1. The minimum absolute atomic E-state index is 0.192. The van der Waals surface area contributed by atoms with Crippen LogP contribution in [-0.4, -0.2) is 6.04 Å². The molecule has 0 saturated carbocycles. The minimum atomic E-state index is 0.192. The summed E-state index contributed by atoms with van der Waals surface area (Å²) in [4.78, 5) is 0. The van der Waals surface area contributed by atoms with E-state index in [1.807, 2.05) is 0 Å². The van der Waals surface area contributed by atoms with Crippen LogP contribution in [0.1, 0.15) is 44.1 Å². The third-order valence-corrected chi connectivity index (χ3v) is 4.14. The van der Waals surface area contributed by atoms with Gasteiger partial charge in [-0.05, 0) is 49.8 Å². The molecule has 1 aliphatic rings. The van der Waals surface area contributed by atoms with Crippen LogP contribution in [0.25, 0.3) is 0 Å². The first-order chi connectivity index (χ1) is 8.75. The van der Waals surface area contributed by atoms with Crippen molar-refractivity contribution in [3.63, 3.8) is 0 Å². The molecule has 1 aliphatic carbocycles. The highest BCUT2D eigenvalue weighted by atomic mass is 79.9. The fourth-order valence-corrected chi connectivity index (χ4v) is 3.05. The fourth-order valence-electron chi connectivity index (χ4n) is 2.60. The van der Waals surface area contributed by atoms with Crippen molar-refractivity contribution in [1.82, 2.24) is 0 Å². The molecule has 2 rings (SSSR count). The van der Waals surface area contributed by atoms with Crippen LogP contribution in [0.5, 0.6) is 0 Å². The Morgan fingerprint density at radius 1 is 1.17 bits per heavy atom. The van der Waals surface area contributed by atoms with Gasteiger partial charge < -0.3 is 5.73 Å². The van der Waals surface area contributed by atoms with Gasteiger partial charge in [0.25, 0.3) is 0 Å². The maximum atomic E-state index is 6.37. The summed E-state index contributed by atoms with van der Waals surface area (Å²) in [6.07, 6.45) is 11.1. The van der Waals surface area contributed by atoms with Crippen molar-refractivity contribution in [3.8, 4) is 0 Å². The molecule has 1 unspecified atom stereocenters. The Morgan fingerprint density at radius 3 is 2.83 bits per heavy atom. The van der Waals surface area contributed by atoms with E-state index < -0.39 is 0 Å². The molecule has 0 fully saturated rings. The fraction of sp³-hybridized carbons (Fsp3) is 0.500. The molecule has 18 heavy (non-hydrogen) atoms. The normalized spacial score (nSPS) is 21.6. The molecule has 2 heteroatoms. The lowest BCUT2D eigenvalue weighted by molar-refractivity contribution is 0.594. The molecule has 0 bridgehead atoms. The molecule has 0 saturated heterocycles. The lowest BCUT2D eigenvalue weighted by Gasteiger charge is -2.18. The van der Waals surface area contributed by atoms with Crippen LogP contribution in [-0.2, 0) is 6.42 Å². The monoisotopic (exact) mass is 307 g/mol. The first kappa shape index (κ1) is 13.8. The van der Waals surface area contributed by atoms with E-state index in [-0.39, 0.29) is 6.04 Å². The van der Waals surface area contributed by atoms with Crippen molar-refractivity contribution in [2.45, 2.75) is 51.0 Å². The molecular formula is C16H22BrN. The number of benzene rings is 1. The van der Waals surface area contributed by atoms with Gasteiger partial charge in [-0.1, -0.05) is 52.6 Å². The summed E-state index contributed by atoms with van der Waals surface area (Å²) in [6, 6.07) is 8.66. The molecule has 1 atom stereocenters. The third kappa shape index (κ3) is 4.25. The number of nitrogens with two attached hydrogens (primary N) is 1. The highest BCUT2D eigenvalue weighted by molar-refractivity contribution is 9.10. The zero-order valence-corrected chi connectivity index (χ0v) is 12.5. The van der Waals surface area contributed by atoms with Crippen molar-refractivity contribution in [1.29, 1.82) is 0 Å². The lowest BCUT2D eigenvalue weighted by Crippen LogP contribution is -2.25. The molecule has 98 valence electrons. The van der Waals surface area contributed by atoms with Gasteiger partial charge in [-0.2, -0.15) is 0 Å². The van der Waals surface area contributed by atoms with Crippen LogP contribution < -0.4 is 5.73 Å². The van der Waals surface area contributed by atoms with Crippen LogP contribution >= 0.6 is 15.9 Å². The summed E-state index contributed by atoms with van der Waals surface area (Å²) in [6.45, 7) is 0. The van der Waals surface area contributed by atoms with E-state index in [2.05, 4.69) is 46.3 Å². The molecule has 0 radical (unpaired) electrons. The van der Waals surface area contributed by atoms with E-state index in [0.29, 0.717) is 0 Å². The molecule has 0 spiro atoms. The van der Waals surface area contributed by atoms with Crippen molar-refractivity contribution >= 4 is 15.9 Å². The summed E-state index contributed by atoms with van der Waals surface area (Å²) in [7, 11) is 0. The molecule has 0 aliphatic heterocycles. The average Bonchev–Trinajstić information content (AvgIpc) is 2.28. The second-order valence-corrected chi connectivity index (χ2v) is 6.09. The van der Waals surface area contributed by atoms with E-state index in [1.165, 1.54) is 49.7 Å². The van der Waals surface area contributed by atoms with E-state index in [1.54, 1.807) is 0 Å². The topological polar surface area (TPSA) is 26.0 Å². The predicted molar refractivity (Wildman–Crippen MR) is 81.6 cm³/mol. The van der Waals surface area contributed by atoms with E-state index in [0.717, 1.165) is 10.9 Å². The first-order valence-corrected chi connectivity index (χ1v) is 7.74. The molecule has 1 aromatic rings. The van der Waals surface area contributed by atoms with Crippen molar-refractivity contribution in [2.75, 3.05) is 0 Å². The van der Waals surface area contributed by atoms with E-state index in [4.69, 9.17) is 5.73 Å². The summed E-state index contributed by atoms with van der Waals surface area (Å²) in [5, 5.41) is 0. The summed E-state index contributed by atoms with van der Waals surface area (Å²) >= 11 is 3.52. The SMILES string of the molecule is NC(Cc1cccc(Br)c1)/C1=C/CCCCCC1. The predicted octanol–water partition coefficient (Wildman–Crippen LogP) is 4.60. The van der Waals surface area contributed by atoms with Crippen molar-refractivity contribution in [2.24, 2.45) is 5.73 Å². The van der Waals surface area contributed by atoms with Gasteiger partial charge >= 0.3 is 0 Å². The van der Waals surface area contributed by atoms with Gasteiger partial charge in [0.05, 0.1) is 0 Å². The lowest BCUT2D eigenvalue weighted by atomic mass is 9.92. The van der Waals surface area contributed by atoms with Gasteiger partial charge in [-0.3, -0.25) is 0 Å². The van der Waals surface area contributed by atoms with Crippen LogP contribution in [0.3, 0.4) is 0 Å². The van der Waals surface area contributed by atoms with Crippen molar-refractivity contribution in [3.05, 3.63) is 46.0 Å². The second-order valence-electron chi connectivity index (χ2n) is 5.17. The maximum absolute atomic E-state index is 6.37. The number of rotatable bonds is 3. The summed E-state index contributed by atoms with van der Waals surface area (Å²) in [5.41, 5.74) is 9.15. The van der Waals surface area contributed by atoms with E-state index >= 15 is 0 Å². The van der Waals surface area contributed by atoms with Crippen LogP contribution in [0.2, 0.25) is 0 Å². The summed E-state index contributed by atoms with van der Waals surface area (Å²) < 4.78 is 1.14. The first-order valence-electron chi connectivity index (χ1n) is 6.94. The Hall–Kier alpha value is -0.600. The highest BCUT2D eigenvalue weighted by Gasteiger charge is 2.11. The standard InChI is InChI=1S/C16H22BrN/c17-15-10-6-7-13(11-15)12-16(18)14-8-4-2-1-3-5-9-14/h6-8,10-11,16H,1-5,9,12,18H2/b14-8+. The van der Waals surface area contributed by atoms with Gasteiger partial charge in [0, 0.05) is 10.5 Å². The number of halogens is 1. The zero-order chi connectivity index (χ0) is 12.8. The van der Waals surface area contributed by atoms with Crippen LogP contribution in [0.15, 0.2) is 40.4 Å². The second kappa shape index (κ2) is 7.10. The largest absolute Gasteiger partial charge is 0.324 e. The zero-order valence-electron chi connectivity index (χ0n) is 10.9. The van der Waals surface area contributed by atoms with E-state index in [9.17, 15) is 0 Å². The summed E-state index contributed by atoms with van der Waals surface area (Å²) in [5.74, 6) is 0. The smallest absolute Gasteiger partial charge is 0.0294 e. The van der Waals surface area contributed by atoms with Gasteiger partial charge in [0.2, 0.25) is 0 Å². The van der Waals surface area contributed by atoms with Gasteiger partial charge in [-0.25, -0.2) is 0 Å². The Morgan fingerprint density at radius 2 is 2.00 bits per heavy atom. The average molecular weight is 308 g/mol. The van der Waals surface area contributed by atoms with Crippen molar-refractivity contribution < 1.29 is 0 Å². The molecule has 0 amide bonds. The quantitative estimate of drug-likeness (QED) is 0.811. The Labute approximate surface area is 119 Å². The number of hydrogen-bond donors (Lipinski definition) is 1. The number of hydrogen-bond acceptors (Lipinski definition) is 1. The van der Waals surface area contributed by atoms with Crippen LogP contribution in [0.4, 0.5) is 0 Å². The Bertz CT molecular complexity index is 411. The highest BCUT2D eigenvalue weighted by Crippen LogP contribution is 2.21. The van der Waals surface area contributed by atoms with Gasteiger partial charge in [0.1, 0.15) is 0 Å². The van der Waals surface area contributed by atoms with Gasteiger partial charge in [-0.15, -0.1) is 0 Å². The maximum Gasteiger partial charge on any atom is 0.0294 e. The molecule has 1 aromatic carbocycles. The molecule has 0 heterocycles. The van der Waals surface area contributed by atoms with Crippen LogP contribution in [0, 0.1) is 0 Å². The molecule has 2 N–H and O–H groups in total. The third-order valence-electron chi connectivity index (χ3n) is 3.65.